The van der Waals surface area contributed by atoms with Gasteiger partial charge in [0.25, 0.3) is 10.2 Å². The van der Waals surface area contributed by atoms with Gasteiger partial charge in [-0.1, -0.05) is 18.2 Å². The first-order valence-corrected chi connectivity index (χ1v) is 7.13. The van der Waals surface area contributed by atoms with E-state index in [1.54, 1.807) is 7.05 Å². The summed E-state index contributed by atoms with van der Waals surface area (Å²) in [7, 11) is 1.19. The summed E-state index contributed by atoms with van der Waals surface area (Å²) < 4.78 is 31.8. The van der Waals surface area contributed by atoms with Crippen LogP contribution in [0.25, 0.3) is 0 Å². The number of rotatable bonds is 6. The van der Waals surface area contributed by atoms with E-state index in [4.69, 9.17) is 4.74 Å². The van der Waals surface area contributed by atoms with Crippen LogP contribution in [0.2, 0.25) is 0 Å². The van der Waals surface area contributed by atoms with Crippen LogP contribution < -0.4 is 4.74 Å². The van der Waals surface area contributed by atoms with Crippen LogP contribution in [0.1, 0.15) is 12.5 Å². The van der Waals surface area contributed by atoms with Crippen molar-refractivity contribution in [1.82, 2.24) is 8.61 Å². The Morgan fingerprint density at radius 2 is 1.78 bits per heavy atom. The van der Waals surface area contributed by atoms with Crippen LogP contribution in [0.5, 0.6) is 5.75 Å². The molecule has 0 bridgehead atoms. The Hall–Kier alpha value is -1.11. The van der Waals surface area contributed by atoms with Crippen molar-refractivity contribution in [3.63, 3.8) is 0 Å². The lowest BCUT2D eigenvalue weighted by Crippen LogP contribution is -2.36. The number of nitrogens with zero attached hydrogens (tertiary/aromatic N) is 2. The van der Waals surface area contributed by atoms with E-state index in [2.05, 4.69) is 0 Å². The Balaban J connectivity index is 2.91. The van der Waals surface area contributed by atoms with E-state index in [1.807, 2.05) is 31.2 Å². The average Bonchev–Trinajstić information content (AvgIpc) is 2.31. The standard InChI is InChI=1S/C12H20N2O3S/c1-5-17-12-9-7-6-8-11(12)10-14(4)18(15,16)13(2)3/h6-9H,5,10H2,1-4H3. The smallest absolute Gasteiger partial charge is 0.281 e. The van der Waals surface area contributed by atoms with Gasteiger partial charge in [-0.05, 0) is 13.0 Å². The molecule has 0 heterocycles. The predicted molar refractivity (Wildman–Crippen MR) is 71.7 cm³/mol. The third-order valence-electron chi connectivity index (χ3n) is 2.52. The minimum atomic E-state index is -3.40. The predicted octanol–water partition coefficient (Wildman–Crippen LogP) is 1.32. The van der Waals surface area contributed by atoms with Crippen LogP contribution >= 0.6 is 0 Å². The van der Waals surface area contributed by atoms with Crippen LogP contribution in [-0.4, -0.2) is 44.8 Å². The fraction of sp³-hybridized carbons (Fsp3) is 0.500. The second-order valence-electron chi connectivity index (χ2n) is 4.09. The summed E-state index contributed by atoms with van der Waals surface area (Å²) in [5, 5.41) is 0. The Labute approximate surface area is 109 Å². The molecule has 18 heavy (non-hydrogen) atoms. The molecule has 0 spiro atoms. The molecule has 0 aliphatic heterocycles. The molecule has 5 nitrogen and oxygen atoms in total. The number of para-hydroxylation sites is 1. The molecular formula is C12H20N2O3S. The van der Waals surface area contributed by atoms with Gasteiger partial charge in [0.1, 0.15) is 5.75 Å². The number of ether oxygens (including phenoxy) is 1. The molecule has 0 atom stereocenters. The molecule has 0 fully saturated rings. The van der Waals surface area contributed by atoms with Crippen molar-refractivity contribution in [1.29, 1.82) is 0 Å². The topological polar surface area (TPSA) is 49.9 Å². The second kappa shape index (κ2) is 6.17. The van der Waals surface area contributed by atoms with Crippen molar-refractivity contribution in [3.05, 3.63) is 29.8 Å². The minimum absolute atomic E-state index is 0.288. The van der Waals surface area contributed by atoms with E-state index in [0.717, 1.165) is 11.3 Å². The van der Waals surface area contributed by atoms with Gasteiger partial charge in [-0.3, -0.25) is 0 Å². The largest absolute Gasteiger partial charge is 0.494 e. The van der Waals surface area contributed by atoms with Crippen molar-refractivity contribution < 1.29 is 13.2 Å². The van der Waals surface area contributed by atoms with Crippen molar-refractivity contribution in [2.75, 3.05) is 27.7 Å². The van der Waals surface area contributed by atoms with Crippen molar-refractivity contribution in [2.24, 2.45) is 0 Å². The SMILES string of the molecule is CCOc1ccccc1CN(C)S(=O)(=O)N(C)C. The summed E-state index contributed by atoms with van der Waals surface area (Å²) in [4.78, 5) is 0. The quantitative estimate of drug-likeness (QED) is 0.785. The van der Waals surface area contributed by atoms with Gasteiger partial charge in [-0.15, -0.1) is 0 Å². The lowest BCUT2D eigenvalue weighted by atomic mass is 10.2. The fourth-order valence-electron chi connectivity index (χ4n) is 1.53. The zero-order chi connectivity index (χ0) is 13.8. The molecule has 0 aliphatic carbocycles. The highest BCUT2D eigenvalue weighted by Crippen LogP contribution is 2.20. The highest BCUT2D eigenvalue weighted by molar-refractivity contribution is 7.86. The van der Waals surface area contributed by atoms with Crippen LogP contribution in [0.15, 0.2) is 24.3 Å². The Morgan fingerprint density at radius 1 is 1.17 bits per heavy atom. The zero-order valence-electron chi connectivity index (χ0n) is 11.3. The van der Waals surface area contributed by atoms with Crippen LogP contribution in [0.4, 0.5) is 0 Å². The molecule has 0 radical (unpaired) electrons. The average molecular weight is 272 g/mol. The van der Waals surface area contributed by atoms with Crippen molar-refractivity contribution >= 4 is 10.2 Å². The van der Waals surface area contributed by atoms with Crippen LogP contribution in [0, 0.1) is 0 Å². The molecule has 0 aliphatic rings. The maximum atomic E-state index is 11.9. The Bertz CT molecular complexity index is 486. The number of benzene rings is 1. The molecule has 1 aromatic rings. The van der Waals surface area contributed by atoms with Crippen molar-refractivity contribution in [3.8, 4) is 5.75 Å². The minimum Gasteiger partial charge on any atom is -0.494 e. The number of hydrogen-bond donors (Lipinski definition) is 0. The molecule has 6 heteroatoms. The summed E-state index contributed by atoms with van der Waals surface area (Å²) in [6.07, 6.45) is 0. The summed E-state index contributed by atoms with van der Waals surface area (Å²) >= 11 is 0. The first-order chi connectivity index (χ1) is 8.39. The molecule has 0 saturated carbocycles. The van der Waals surface area contributed by atoms with Gasteiger partial charge in [0.15, 0.2) is 0 Å². The lowest BCUT2D eigenvalue weighted by molar-refractivity contribution is 0.330. The lowest BCUT2D eigenvalue weighted by Gasteiger charge is -2.22. The summed E-state index contributed by atoms with van der Waals surface area (Å²) in [5.74, 6) is 0.723. The second-order valence-corrected chi connectivity index (χ2v) is 6.34. The molecule has 0 N–H and O–H groups in total. The number of hydrogen-bond acceptors (Lipinski definition) is 3. The normalized spacial score (nSPS) is 12.1. The van der Waals surface area contributed by atoms with E-state index in [9.17, 15) is 8.42 Å². The van der Waals surface area contributed by atoms with Gasteiger partial charge in [0.05, 0.1) is 6.61 Å². The first-order valence-electron chi connectivity index (χ1n) is 5.74. The van der Waals surface area contributed by atoms with Crippen LogP contribution in [-0.2, 0) is 16.8 Å². The van der Waals surface area contributed by atoms with Gasteiger partial charge >= 0.3 is 0 Å². The fourth-order valence-corrected chi connectivity index (χ4v) is 2.39. The van der Waals surface area contributed by atoms with Crippen molar-refractivity contribution in [2.45, 2.75) is 13.5 Å². The van der Waals surface area contributed by atoms with Gasteiger partial charge in [-0.2, -0.15) is 17.0 Å². The summed E-state index contributed by atoms with van der Waals surface area (Å²) in [5.41, 5.74) is 0.854. The molecule has 1 rings (SSSR count). The Morgan fingerprint density at radius 3 is 2.33 bits per heavy atom. The highest BCUT2D eigenvalue weighted by Gasteiger charge is 2.21. The zero-order valence-corrected chi connectivity index (χ0v) is 12.1. The summed E-state index contributed by atoms with van der Waals surface area (Å²) in [6, 6.07) is 7.45. The van der Waals surface area contributed by atoms with Crippen LogP contribution in [0.3, 0.4) is 0 Å². The monoisotopic (exact) mass is 272 g/mol. The van der Waals surface area contributed by atoms with Gasteiger partial charge in [-0.25, -0.2) is 0 Å². The van der Waals surface area contributed by atoms with E-state index in [1.165, 1.54) is 22.7 Å². The van der Waals surface area contributed by atoms with E-state index < -0.39 is 10.2 Å². The molecule has 0 amide bonds. The molecular weight excluding hydrogens is 252 g/mol. The molecule has 1 aromatic carbocycles. The van der Waals surface area contributed by atoms with Gasteiger partial charge in [0.2, 0.25) is 0 Å². The highest BCUT2D eigenvalue weighted by atomic mass is 32.2. The summed E-state index contributed by atoms with van der Waals surface area (Å²) in [6.45, 7) is 2.74. The molecule has 0 aromatic heterocycles. The van der Waals surface area contributed by atoms with Gasteiger partial charge < -0.3 is 4.74 Å². The third-order valence-corrected chi connectivity index (χ3v) is 4.36. The van der Waals surface area contributed by atoms with E-state index in [0.29, 0.717) is 6.61 Å². The maximum absolute atomic E-state index is 11.9. The third kappa shape index (κ3) is 3.44. The van der Waals surface area contributed by atoms with Gasteiger partial charge in [0, 0.05) is 33.3 Å². The van der Waals surface area contributed by atoms with E-state index in [-0.39, 0.29) is 6.54 Å². The first kappa shape index (κ1) is 14.9. The molecule has 102 valence electrons. The molecule has 0 saturated heterocycles. The molecule has 0 unspecified atom stereocenters. The maximum Gasteiger partial charge on any atom is 0.281 e. The Kier molecular flexibility index (Phi) is 5.13. The van der Waals surface area contributed by atoms with E-state index >= 15 is 0 Å².